The minimum Gasteiger partial charge on any atom is -0.289 e. The lowest BCUT2D eigenvalue weighted by Crippen LogP contribution is -2.19. The average molecular weight is 338 g/mol. The molecule has 1 aliphatic carbocycles. The fourth-order valence-electron chi connectivity index (χ4n) is 3.18. The van der Waals surface area contributed by atoms with Gasteiger partial charge >= 0.3 is 0 Å². The number of halogens is 2. The van der Waals surface area contributed by atoms with Gasteiger partial charge in [-0.1, -0.05) is 49.7 Å². The van der Waals surface area contributed by atoms with Crippen molar-refractivity contribution in [2.75, 3.05) is 0 Å². The smallest absolute Gasteiger partial charge is 0.185 e. The number of benzene rings is 2. The van der Waals surface area contributed by atoms with Gasteiger partial charge < -0.3 is 0 Å². The van der Waals surface area contributed by atoms with Gasteiger partial charge in [0.1, 0.15) is 11.6 Å². The lowest BCUT2D eigenvalue weighted by molar-refractivity contribution is -0.113. The van der Waals surface area contributed by atoms with Crippen molar-refractivity contribution >= 4 is 17.9 Å². The monoisotopic (exact) mass is 338 g/mol. The van der Waals surface area contributed by atoms with Crippen molar-refractivity contribution in [3.8, 4) is 0 Å². The SMILES string of the molecule is CCC1C/C(=C\c2ccccc2F)C(=O)/C(=C/c2ccccc2F)C1. The van der Waals surface area contributed by atoms with Crippen molar-refractivity contribution in [3.63, 3.8) is 0 Å². The van der Waals surface area contributed by atoms with E-state index in [-0.39, 0.29) is 17.4 Å². The fourth-order valence-corrected chi connectivity index (χ4v) is 3.18. The number of carbonyl (C=O) groups excluding carboxylic acids is 1. The van der Waals surface area contributed by atoms with Gasteiger partial charge in [-0.05, 0) is 43.0 Å². The van der Waals surface area contributed by atoms with E-state index in [2.05, 4.69) is 6.92 Å². The molecule has 0 amide bonds. The van der Waals surface area contributed by atoms with E-state index >= 15 is 0 Å². The van der Waals surface area contributed by atoms with E-state index in [1.165, 1.54) is 12.1 Å². The molecule has 2 aromatic carbocycles. The number of ketones is 1. The number of rotatable bonds is 3. The molecule has 1 saturated carbocycles. The van der Waals surface area contributed by atoms with Gasteiger partial charge in [0.15, 0.2) is 5.78 Å². The Labute approximate surface area is 146 Å². The number of hydrogen-bond donors (Lipinski definition) is 0. The number of carbonyl (C=O) groups is 1. The van der Waals surface area contributed by atoms with Crippen molar-refractivity contribution in [3.05, 3.63) is 82.4 Å². The minimum atomic E-state index is -0.346. The van der Waals surface area contributed by atoms with E-state index in [1.807, 2.05) is 0 Å². The van der Waals surface area contributed by atoms with Crippen LogP contribution in [-0.4, -0.2) is 5.78 Å². The molecule has 1 aliphatic rings. The van der Waals surface area contributed by atoms with E-state index in [4.69, 9.17) is 0 Å². The Hall–Kier alpha value is -2.55. The topological polar surface area (TPSA) is 17.1 Å². The Morgan fingerprint density at radius 3 is 1.72 bits per heavy atom. The fraction of sp³-hybridized carbons (Fsp3) is 0.227. The lowest BCUT2D eigenvalue weighted by atomic mass is 9.78. The van der Waals surface area contributed by atoms with E-state index in [0.29, 0.717) is 41.0 Å². The Morgan fingerprint density at radius 2 is 1.32 bits per heavy atom. The molecule has 0 saturated heterocycles. The first-order valence-corrected chi connectivity index (χ1v) is 8.53. The minimum absolute atomic E-state index is 0.115. The first-order chi connectivity index (χ1) is 12.1. The summed E-state index contributed by atoms with van der Waals surface area (Å²) < 4.78 is 27.9. The summed E-state index contributed by atoms with van der Waals surface area (Å²) in [6.07, 6.45) is 5.43. The molecule has 128 valence electrons. The molecule has 0 unspecified atom stereocenters. The highest BCUT2D eigenvalue weighted by molar-refractivity contribution is 6.14. The molecule has 0 spiro atoms. The summed E-state index contributed by atoms with van der Waals surface area (Å²) in [7, 11) is 0. The normalized spacial score (nSPS) is 21.1. The number of allylic oxidation sites excluding steroid dienone is 2. The molecular formula is C22H20F2O. The van der Waals surface area contributed by atoms with Gasteiger partial charge in [-0.3, -0.25) is 4.79 Å². The van der Waals surface area contributed by atoms with Crippen molar-refractivity contribution in [2.45, 2.75) is 26.2 Å². The molecule has 0 atom stereocenters. The molecule has 0 N–H and O–H groups in total. The van der Waals surface area contributed by atoms with E-state index in [9.17, 15) is 13.6 Å². The Kier molecular flexibility index (Phi) is 5.22. The van der Waals surface area contributed by atoms with Crippen LogP contribution < -0.4 is 0 Å². The third-order valence-electron chi connectivity index (χ3n) is 4.65. The molecule has 1 nitrogen and oxygen atoms in total. The molecule has 3 rings (SSSR count). The molecule has 3 heteroatoms. The maximum Gasteiger partial charge on any atom is 0.185 e. The van der Waals surface area contributed by atoms with Gasteiger partial charge in [0, 0.05) is 22.3 Å². The molecule has 0 aliphatic heterocycles. The molecule has 1 fully saturated rings. The maximum atomic E-state index is 13.9. The predicted molar refractivity (Wildman–Crippen MR) is 96.8 cm³/mol. The number of hydrogen-bond acceptors (Lipinski definition) is 1. The van der Waals surface area contributed by atoms with Crippen molar-refractivity contribution in [1.29, 1.82) is 0 Å². The quantitative estimate of drug-likeness (QED) is 0.644. The van der Waals surface area contributed by atoms with Crippen LogP contribution >= 0.6 is 0 Å². The van der Waals surface area contributed by atoms with Crippen molar-refractivity contribution < 1.29 is 13.6 Å². The summed E-state index contributed by atoms with van der Waals surface area (Å²) in [6.45, 7) is 2.07. The van der Waals surface area contributed by atoms with Gasteiger partial charge in [0.2, 0.25) is 0 Å². The van der Waals surface area contributed by atoms with Gasteiger partial charge in [-0.2, -0.15) is 0 Å². The van der Waals surface area contributed by atoms with Crippen LogP contribution in [0.4, 0.5) is 8.78 Å². The van der Waals surface area contributed by atoms with Crippen LogP contribution in [0, 0.1) is 17.6 Å². The zero-order chi connectivity index (χ0) is 17.8. The van der Waals surface area contributed by atoms with Gasteiger partial charge in [0.05, 0.1) is 0 Å². The van der Waals surface area contributed by atoms with Crippen LogP contribution in [0.2, 0.25) is 0 Å². The summed E-state index contributed by atoms with van der Waals surface area (Å²) >= 11 is 0. The van der Waals surface area contributed by atoms with Gasteiger partial charge in [-0.25, -0.2) is 8.78 Å². The van der Waals surface area contributed by atoms with Gasteiger partial charge in [-0.15, -0.1) is 0 Å². The Morgan fingerprint density at radius 1 is 0.880 bits per heavy atom. The van der Waals surface area contributed by atoms with E-state index in [0.717, 1.165) is 6.42 Å². The second-order valence-electron chi connectivity index (χ2n) is 6.39. The Balaban J connectivity index is 2.00. The molecule has 0 radical (unpaired) electrons. The molecular weight excluding hydrogens is 318 g/mol. The average Bonchev–Trinajstić information content (AvgIpc) is 2.62. The summed E-state index contributed by atoms with van der Waals surface area (Å²) in [5, 5.41) is 0. The largest absolute Gasteiger partial charge is 0.289 e. The zero-order valence-electron chi connectivity index (χ0n) is 14.1. The molecule has 0 aromatic heterocycles. The van der Waals surface area contributed by atoms with Crippen molar-refractivity contribution in [2.24, 2.45) is 5.92 Å². The van der Waals surface area contributed by atoms with Crippen LogP contribution in [-0.2, 0) is 4.79 Å². The van der Waals surface area contributed by atoms with Crippen LogP contribution in [0.25, 0.3) is 12.2 Å². The first kappa shape index (κ1) is 17.3. The van der Waals surface area contributed by atoms with Gasteiger partial charge in [0.25, 0.3) is 0 Å². The summed E-state index contributed by atoms with van der Waals surface area (Å²) in [5.74, 6) is -0.507. The van der Waals surface area contributed by atoms with E-state index < -0.39 is 0 Å². The highest BCUT2D eigenvalue weighted by atomic mass is 19.1. The predicted octanol–water partition coefficient (Wildman–Crippen LogP) is 5.82. The van der Waals surface area contributed by atoms with Crippen LogP contribution in [0.15, 0.2) is 59.7 Å². The van der Waals surface area contributed by atoms with Crippen LogP contribution in [0.1, 0.15) is 37.3 Å². The third-order valence-corrected chi connectivity index (χ3v) is 4.65. The zero-order valence-corrected chi connectivity index (χ0v) is 14.1. The highest BCUT2D eigenvalue weighted by Crippen LogP contribution is 2.34. The number of Topliss-reactive ketones (excluding diaryl/α,β-unsaturated/α-hetero) is 1. The molecule has 0 heterocycles. The van der Waals surface area contributed by atoms with Crippen molar-refractivity contribution in [1.82, 2.24) is 0 Å². The third kappa shape index (κ3) is 3.93. The second kappa shape index (κ2) is 7.56. The highest BCUT2D eigenvalue weighted by Gasteiger charge is 2.27. The van der Waals surface area contributed by atoms with E-state index in [1.54, 1.807) is 48.6 Å². The molecule has 25 heavy (non-hydrogen) atoms. The summed E-state index contributed by atoms with van der Waals surface area (Å²) in [6, 6.07) is 12.8. The summed E-state index contributed by atoms with van der Waals surface area (Å²) in [5.41, 5.74) is 2.00. The van der Waals surface area contributed by atoms with Crippen LogP contribution in [0.3, 0.4) is 0 Å². The molecule has 2 aromatic rings. The van der Waals surface area contributed by atoms with Crippen LogP contribution in [0.5, 0.6) is 0 Å². The first-order valence-electron chi connectivity index (χ1n) is 8.53. The lowest BCUT2D eigenvalue weighted by Gasteiger charge is -2.25. The Bertz CT molecular complexity index is 781. The second-order valence-corrected chi connectivity index (χ2v) is 6.39. The standard InChI is InChI=1S/C22H20F2O/c1-2-15-11-18(13-16-7-3-5-9-20(16)23)22(25)19(12-15)14-17-8-4-6-10-21(17)24/h3-10,13-15H,2,11-12H2,1H3/b18-13+,19-14+. The summed E-state index contributed by atoms with van der Waals surface area (Å²) in [4.78, 5) is 12.8. The molecule has 0 bridgehead atoms. The maximum absolute atomic E-state index is 13.9.